The molecule has 0 aromatic carbocycles. The van der Waals surface area contributed by atoms with E-state index in [9.17, 15) is 4.79 Å². The molecule has 5 nitrogen and oxygen atoms in total. The van der Waals surface area contributed by atoms with Gasteiger partial charge in [-0.2, -0.15) is 0 Å². The van der Waals surface area contributed by atoms with Gasteiger partial charge in [-0.25, -0.2) is 0 Å². The first-order chi connectivity index (χ1) is 13.4. The van der Waals surface area contributed by atoms with Crippen molar-refractivity contribution in [2.24, 2.45) is 11.8 Å². The molecule has 1 aliphatic heterocycles. The van der Waals surface area contributed by atoms with Crippen LogP contribution < -0.4 is 0 Å². The lowest BCUT2D eigenvalue weighted by Gasteiger charge is -2.38. The number of hydrogen-bond acceptors (Lipinski definition) is 4. The third kappa shape index (κ3) is 5.28. The van der Waals surface area contributed by atoms with Crippen molar-refractivity contribution in [2.45, 2.75) is 58.5 Å². The van der Waals surface area contributed by atoms with Crippen LogP contribution in [-0.4, -0.2) is 36.1 Å². The highest BCUT2D eigenvalue weighted by Gasteiger charge is 2.32. The third-order valence-electron chi connectivity index (χ3n) is 5.72. The van der Waals surface area contributed by atoms with Crippen molar-refractivity contribution < 1.29 is 18.4 Å². The number of carbonyl (C=O) groups excluding carboxylic acids is 1. The molecule has 0 unspecified atom stereocenters. The van der Waals surface area contributed by atoms with E-state index in [1.54, 1.807) is 24.7 Å². The molecule has 1 saturated heterocycles. The molecule has 0 radical (unpaired) electrons. The Bertz CT molecular complexity index is 718. The van der Waals surface area contributed by atoms with Crippen LogP contribution in [0.25, 0.3) is 0 Å². The first-order valence-corrected chi connectivity index (χ1v) is 10.4. The van der Waals surface area contributed by atoms with Crippen LogP contribution in [0, 0.1) is 11.8 Å². The van der Waals surface area contributed by atoms with E-state index in [-0.39, 0.29) is 17.4 Å². The van der Waals surface area contributed by atoms with Gasteiger partial charge in [-0.1, -0.05) is 13.8 Å². The van der Waals surface area contributed by atoms with Gasteiger partial charge in [0.2, 0.25) is 0 Å². The van der Waals surface area contributed by atoms with Crippen molar-refractivity contribution in [3.8, 4) is 0 Å². The summed E-state index contributed by atoms with van der Waals surface area (Å²) in [5.41, 5.74) is -0.128. The predicted molar refractivity (Wildman–Crippen MR) is 108 cm³/mol. The molecular weight excluding hydrogens is 354 g/mol. The molecule has 0 N–H and O–H groups in total. The molecule has 154 valence electrons. The molecule has 1 amide bonds. The Labute approximate surface area is 168 Å². The Morgan fingerprint density at radius 3 is 2.57 bits per heavy atom. The van der Waals surface area contributed by atoms with Crippen molar-refractivity contribution in [3.05, 3.63) is 48.3 Å². The van der Waals surface area contributed by atoms with E-state index in [0.29, 0.717) is 24.1 Å². The van der Waals surface area contributed by atoms with Crippen molar-refractivity contribution in [1.82, 2.24) is 4.90 Å². The SMILES string of the molecule is CC(C)[C@@H](CCN(C[C@@H]1CCOC(C)(C)C1)C(=O)c1ccco1)c1ccco1. The summed E-state index contributed by atoms with van der Waals surface area (Å²) in [7, 11) is 0. The van der Waals surface area contributed by atoms with Crippen molar-refractivity contribution >= 4 is 5.91 Å². The van der Waals surface area contributed by atoms with E-state index in [1.165, 1.54) is 0 Å². The van der Waals surface area contributed by atoms with Crippen LogP contribution in [0.15, 0.2) is 45.6 Å². The Kier molecular flexibility index (Phi) is 6.65. The zero-order chi connectivity index (χ0) is 20.1. The quantitative estimate of drug-likeness (QED) is 0.613. The highest BCUT2D eigenvalue weighted by molar-refractivity contribution is 5.91. The summed E-state index contributed by atoms with van der Waals surface area (Å²) in [6, 6.07) is 7.48. The lowest BCUT2D eigenvalue weighted by molar-refractivity contribution is -0.0758. The van der Waals surface area contributed by atoms with Crippen LogP contribution >= 0.6 is 0 Å². The fourth-order valence-corrected chi connectivity index (χ4v) is 4.26. The second-order valence-electron chi connectivity index (χ2n) is 8.85. The number of rotatable bonds is 8. The minimum Gasteiger partial charge on any atom is -0.469 e. The number of furan rings is 2. The zero-order valence-electron chi connectivity index (χ0n) is 17.5. The molecule has 3 heterocycles. The van der Waals surface area contributed by atoms with Crippen LogP contribution in [0.3, 0.4) is 0 Å². The van der Waals surface area contributed by atoms with Crippen molar-refractivity contribution in [1.29, 1.82) is 0 Å². The number of ether oxygens (including phenoxy) is 1. The van der Waals surface area contributed by atoms with Gasteiger partial charge in [0.25, 0.3) is 5.91 Å². The minimum atomic E-state index is -0.128. The smallest absolute Gasteiger partial charge is 0.289 e. The average Bonchev–Trinajstić information content (AvgIpc) is 3.33. The molecule has 2 aromatic rings. The van der Waals surface area contributed by atoms with Gasteiger partial charge >= 0.3 is 0 Å². The van der Waals surface area contributed by atoms with Crippen molar-refractivity contribution in [3.63, 3.8) is 0 Å². The molecule has 3 rings (SSSR count). The predicted octanol–water partition coefficient (Wildman–Crippen LogP) is 5.35. The van der Waals surface area contributed by atoms with E-state index < -0.39 is 0 Å². The zero-order valence-corrected chi connectivity index (χ0v) is 17.5. The molecule has 0 spiro atoms. The van der Waals surface area contributed by atoms with Gasteiger partial charge in [-0.3, -0.25) is 4.79 Å². The normalized spacial score (nSPS) is 20.2. The number of amides is 1. The molecule has 0 bridgehead atoms. The molecule has 2 atom stereocenters. The molecule has 5 heteroatoms. The Hall–Kier alpha value is -2.01. The monoisotopic (exact) mass is 387 g/mol. The largest absolute Gasteiger partial charge is 0.469 e. The first-order valence-electron chi connectivity index (χ1n) is 10.4. The van der Waals surface area contributed by atoms with Gasteiger partial charge in [0.1, 0.15) is 5.76 Å². The van der Waals surface area contributed by atoms with Crippen LogP contribution in [0.5, 0.6) is 0 Å². The maximum atomic E-state index is 13.1. The van der Waals surface area contributed by atoms with E-state index in [1.807, 2.05) is 17.0 Å². The number of carbonyl (C=O) groups is 1. The van der Waals surface area contributed by atoms with E-state index in [0.717, 1.165) is 38.2 Å². The summed E-state index contributed by atoms with van der Waals surface area (Å²) in [6.45, 7) is 10.8. The van der Waals surface area contributed by atoms with Gasteiger partial charge in [0.15, 0.2) is 5.76 Å². The standard InChI is InChI=1S/C23H33NO4/c1-17(2)19(20-7-5-12-26-20)9-11-24(22(25)21-8-6-13-27-21)16-18-10-14-28-23(3,4)15-18/h5-8,12-13,17-19H,9-11,14-16H2,1-4H3/t18-,19-/m1/s1. The minimum absolute atomic E-state index is 0.0313. The molecule has 0 saturated carbocycles. The summed E-state index contributed by atoms with van der Waals surface area (Å²) in [5.74, 6) is 2.53. The van der Waals surface area contributed by atoms with Gasteiger partial charge in [0.05, 0.1) is 18.1 Å². The summed E-state index contributed by atoms with van der Waals surface area (Å²) in [4.78, 5) is 15.0. The molecule has 1 aliphatic rings. The fourth-order valence-electron chi connectivity index (χ4n) is 4.26. The van der Waals surface area contributed by atoms with Crippen LogP contribution in [0.2, 0.25) is 0 Å². The molecule has 1 fully saturated rings. The molecule has 0 aliphatic carbocycles. The third-order valence-corrected chi connectivity index (χ3v) is 5.72. The van der Waals surface area contributed by atoms with Crippen LogP contribution in [-0.2, 0) is 4.74 Å². The maximum Gasteiger partial charge on any atom is 0.289 e. The summed E-state index contributed by atoms with van der Waals surface area (Å²) >= 11 is 0. The summed E-state index contributed by atoms with van der Waals surface area (Å²) < 4.78 is 16.9. The van der Waals surface area contributed by atoms with Gasteiger partial charge < -0.3 is 18.5 Å². The second kappa shape index (κ2) is 8.99. The lowest BCUT2D eigenvalue weighted by Crippen LogP contribution is -2.42. The van der Waals surface area contributed by atoms with E-state index >= 15 is 0 Å². The second-order valence-corrected chi connectivity index (χ2v) is 8.85. The highest BCUT2D eigenvalue weighted by Crippen LogP contribution is 2.31. The first kappa shape index (κ1) is 20.7. The fraction of sp³-hybridized carbons (Fsp3) is 0.609. The van der Waals surface area contributed by atoms with Crippen LogP contribution in [0.4, 0.5) is 0 Å². The lowest BCUT2D eigenvalue weighted by atomic mass is 9.87. The average molecular weight is 388 g/mol. The van der Waals surface area contributed by atoms with Crippen LogP contribution in [0.1, 0.15) is 69.2 Å². The van der Waals surface area contributed by atoms with Gasteiger partial charge in [-0.15, -0.1) is 0 Å². The van der Waals surface area contributed by atoms with Gasteiger partial charge in [0, 0.05) is 25.6 Å². The number of nitrogens with zero attached hydrogens (tertiary/aromatic N) is 1. The highest BCUT2D eigenvalue weighted by atomic mass is 16.5. The number of hydrogen-bond donors (Lipinski definition) is 0. The molecule has 2 aromatic heterocycles. The maximum absolute atomic E-state index is 13.1. The van der Waals surface area contributed by atoms with E-state index in [4.69, 9.17) is 13.6 Å². The van der Waals surface area contributed by atoms with Gasteiger partial charge in [-0.05, 0) is 69.2 Å². The van der Waals surface area contributed by atoms with Crippen molar-refractivity contribution in [2.75, 3.05) is 19.7 Å². The van der Waals surface area contributed by atoms with E-state index in [2.05, 4.69) is 27.7 Å². The Morgan fingerprint density at radius 2 is 1.96 bits per heavy atom. The summed E-state index contributed by atoms with van der Waals surface area (Å²) in [6.07, 6.45) is 6.09. The summed E-state index contributed by atoms with van der Waals surface area (Å²) in [5, 5.41) is 0. The topological polar surface area (TPSA) is 55.8 Å². The Balaban J connectivity index is 1.71. The molecule has 28 heavy (non-hydrogen) atoms. The Morgan fingerprint density at radius 1 is 1.21 bits per heavy atom. The molecular formula is C23H33NO4.